The topological polar surface area (TPSA) is 52.6 Å². The van der Waals surface area contributed by atoms with E-state index < -0.39 is 0 Å². The van der Waals surface area contributed by atoms with Crippen molar-refractivity contribution in [1.29, 1.82) is 0 Å². The van der Waals surface area contributed by atoms with Crippen LogP contribution in [0.1, 0.15) is 71.1 Å². The SMILES string of the molecule is C/C=C/CCCCC(=O)NCN(C)CCCCCCCCO. The molecule has 0 aliphatic carbocycles. The molecular weight excluding hydrogens is 276 g/mol. The lowest BCUT2D eigenvalue weighted by atomic mass is 10.1. The number of rotatable bonds is 15. The van der Waals surface area contributed by atoms with Crippen LogP contribution in [0.5, 0.6) is 0 Å². The molecule has 0 saturated heterocycles. The van der Waals surface area contributed by atoms with Gasteiger partial charge in [0, 0.05) is 13.0 Å². The molecule has 22 heavy (non-hydrogen) atoms. The molecule has 0 bridgehead atoms. The van der Waals surface area contributed by atoms with E-state index in [4.69, 9.17) is 5.11 Å². The van der Waals surface area contributed by atoms with Gasteiger partial charge in [0.1, 0.15) is 0 Å². The molecule has 0 spiro atoms. The Morgan fingerprint density at radius 1 is 1.05 bits per heavy atom. The van der Waals surface area contributed by atoms with Crippen molar-refractivity contribution >= 4 is 5.91 Å². The molecular formula is C18H36N2O2. The summed E-state index contributed by atoms with van der Waals surface area (Å²) in [5.74, 6) is 0.163. The Labute approximate surface area is 137 Å². The molecule has 0 aromatic carbocycles. The van der Waals surface area contributed by atoms with Crippen LogP contribution < -0.4 is 5.32 Å². The van der Waals surface area contributed by atoms with Crippen LogP contribution in [-0.2, 0) is 4.79 Å². The molecule has 130 valence electrons. The van der Waals surface area contributed by atoms with Crippen molar-refractivity contribution in [2.24, 2.45) is 0 Å². The highest BCUT2D eigenvalue weighted by molar-refractivity contribution is 5.75. The average molecular weight is 312 g/mol. The number of unbranched alkanes of at least 4 members (excludes halogenated alkanes) is 7. The van der Waals surface area contributed by atoms with E-state index >= 15 is 0 Å². The third-order valence-electron chi connectivity index (χ3n) is 3.75. The second-order valence-corrected chi connectivity index (χ2v) is 6.00. The lowest BCUT2D eigenvalue weighted by molar-refractivity contribution is -0.121. The van der Waals surface area contributed by atoms with Crippen LogP contribution in [0.15, 0.2) is 12.2 Å². The number of hydrogen-bond donors (Lipinski definition) is 2. The highest BCUT2D eigenvalue weighted by Gasteiger charge is 2.03. The number of nitrogens with zero attached hydrogens (tertiary/aromatic N) is 1. The minimum Gasteiger partial charge on any atom is -0.396 e. The van der Waals surface area contributed by atoms with E-state index in [0.29, 0.717) is 19.7 Å². The monoisotopic (exact) mass is 312 g/mol. The van der Waals surface area contributed by atoms with E-state index in [1.54, 1.807) is 0 Å². The van der Waals surface area contributed by atoms with Crippen molar-refractivity contribution in [2.75, 3.05) is 26.9 Å². The summed E-state index contributed by atoms with van der Waals surface area (Å²) < 4.78 is 0. The molecule has 0 rings (SSSR count). The first kappa shape index (κ1) is 21.1. The normalized spacial score (nSPS) is 11.5. The smallest absolute Gasteiger partial charge is 0.220 e. The largest absolute Gasteiger partial charge is 0.396 e. The predicted octanol–water partition coefficient (Wildman–Crippen LogP) is 3.46. The molecule has 2 N–H and O–H groups in total. The fraction of sp³-hybridized carbons (Fsp3) is 0.833. The number of hydrogen-bond acceptors (Lipinski definition) is 3. The third kappa shape index (κ3) is 15.5. The van der Waals surface area contributed by atoms with E-state index in [1.807, 2.05) is 6.92 Å². The van der Waals surface area contributed by atoms with Crippen LogP contribution in [-0.4, -0.2) is 42.8 Å². The highest BCUT2D eigenvalue weighted by atomic mass is 16.2. The Morgan fingerprint density at radius 3 is 2.41 bits per heavy atom. The van der Waals surface area contributed by atoms with Gasteiger partial charge in [-0.15, -0.1) is 0 Å². The number of aliphatic hydroxyl groups excluding tert-OH is 1. The Bertz CT molecular complexity index is 280. The molecule has 0 heterocycles. The number of allylic oxidation sites excluding steroid dienone is 2. The van der Waals surface area contributed by atoms with E-state index in [-0.39, 0.29) is 5.91 Å². The Balaban J connectivity index is 3.36. The van der Waals surface area contributed by atoms with Gasteiger partial charge in [-0.3, -0.25) is 9.69 Å². The molecule has 4 heteroatoms. The van der Waals surface area contributed by atoms with Gasteiger partial charge in [-0.1, -0.05) is 37.8 Å². The summed E-state index contributed by atoms with van der Waals surface area (Å²) >= 11 is 0. The van der Waals surface area contributed by atoms with Crippen molar-refractivity contribution in [1.82, 2.24) is 10.2 Å². The van der Waals surface area contributed by atoms with E-state index in [1.165, 1.54) is 25.7 Å². The van der Waals surface area contributed by atoms with Gasteiger partial charge in [0.25, 0.3) is 0 Å². The molecule has 4 nitrogen and oxygen atoms in total. The van der Waals surface area contributed by atoms with Crippen LogP contribution in [0.3, 0.4) is 0 Å². The molecule has 0 aromatic rings. The molecule has 0 radical (unpaired) electrons. The third-order valence-corrected chi connectivity index (χ3v) is 3.75. The van der Waals surface area contributed by atoms with Crippen molar-refractivity contribution in [3.63, 3.8) is 0 Å². The minimum absolute atomic E-state index is 0.163. The lowest BCUT2D eigenvalue weighted by Gasteiger charge is -2.17. The zero-order valence-electron chi connectivity index (χ0n) is 14.6. The molecule has 0 fully saturated rings. The fourth-order valence-corrected chi connectivity index (χ4v) is 2.31. The second kappa shape index (κ2) is 16.5. The van der Waals surface area contributed by atoms with Crippen molar-refractivity contribution < 1.29 is 9.90 Å². The van der Waals surface area contributed by atoms with Gasteiger partial charge in [-0.2, -0.15) is 0 Å². The number of amides is 1. The molecule has 0 aliphatic heterocycles. The Morgan fingerprint density at radius 2 is 1.73 bits per heavy atom. The zero-order chi connectivity index (χ0) is 16.5. The molecule has 0 aromatic heterocycles. The van der Waals surface area contributed by atoms with E-state index in [9.17, 15) is 4.79 Å². The van der Waals surface area contributed by atoms with Crippen LogP contribution in [0.2, 0.25) is 0 Å². The summed E-state index contributed by atoms with van der Waals surface area (Å²) in [6, 6.07) is 0. The summed E-state index contributed by atoms with van der Waals surface area (Å²) in [5.41, 5.74) is 0. The van der Waals surface area contributed by atoms with Crippen molar-refractivity contribution in [2.45, 2.75) is 71.1 Å². The Hall–Kier alpha value is -0.870. The summed E-state index contributed by atoms with van der Waals surface area (Å²) in [7, 11) is 2.05. The minimum atomic E-state index is 0.163. The van der Waals surface area contributed by atoms with Gasteiger partial charge in [0.05, 0.1) is 6.67 Å². The van der Waals surface area contributed by atoms with Crippen LogP contribution >= 0.6 is 0 Å². The van der Waals surface area contributed by atoms with Gasteiger partial charge >= 0.3 is 0 Å². The second-order valence-electron chi connectivity index (χ2n) is 6.00. The molecule has 0 unspecified atom stereocenters. The Kier molecular flexibility index (Phi) is 15.8. The van der Waals surface area contributed by atoms with E-state index in [2.05, 4.69) is 29.4 Å². The van der Waals surface area contributed by atoms with Crippen LogP contribution in [0.25, 0.3) is 0 Å². The van der Waals surface area contributed by atoms with Gasteiger partial charge in [0.2, 0.25) is 5.91 Å². The molecule has 0 atom stereocenters. The number of aliphatic hydroxyl groups is 1. The summed E-state index contributed by atoms with van der Waals surface area (Å²) in [6.07, 6.45) is 14.9. The molecule has 0 saturated carbocycles. The van der Waals surface area contributed by atoms with Crippen molar-refractivity contribution in [3.8, 4) is 0 Å². The first-order valence-corrected chi connectivity index (χ1v) is 8.88. The predicted molar refractivity (Wildman–Crippen MR) is 93.7 cm³/mol. The van der Waals surface area contributed by atoms with Crippen molar-refractivity contribution in [3.05, 3.63) is 12.2 Å². The first-order chi connectivity index (χ1) is 10.7. The van der Waals surface area contributed by atoms with E-state index in [0.717, 1.165) is 38.6 Å². The summed E-state index contributed by atoms with van der Waals surface area (Å²) in [4.78, 5) is 13.9. The van der Waals surface area contributed by atoms with Gasteiger partial charge in [-0.05, 0) is 52.6 Å². The molecule has 0 aliphatic rings. The lowest BCUT2D eigenvalue weighted by Crippen LogP contribution is -2.35. The van der Waals surface area contributed by atoms with Gasteiger partial charge in [-0.25, -0.2) is 0 Å². The average Bonchev–Trinajstić information content (AvgIpc) is 2.52. The number of carbonyl (C=O) groups excluding carboxylic acids is 1. The maximum atomic E-state index is 11.7. The quantitative estimate of drug-likeness (QED) is 0.277. The number of carbonyl (C=O) groups is 1. The summed E-state index contributed by atoms with van der Waals surface area (Å²) in [6.45, 7) is 4.02. The standard InChI is InChI=1S/C18H36N2O2/c1-3-4-5-8-11-14-18(22)19-17-20(2)15-12-9-6-7-10-13-16-21/h3-4,21H,5-17H2,1-2H3,(H,19,22)/b4-3+. The zero-order valence-corrected chi connectivity index (χ0v) is 14.6. The van der Waals surface area contributed by atoms with Gasteiger partial charge in [0.15, 0.2) is 0 Å². The number of nitrogens with one attached hydrogen (secondary N) is 1. The summed E-state index contributed by atoms with van der Waals surface area (Å²) in [5, 5.41) is 11.7. The molecule has 1 amide bonds. The van der Waals surface area contributed by atoms with Gasteiger partial charge < -0.3 is 10.4 Å². The van der Waals surface area contributed by atoms with Crippen LogP contribution in [0, 0.1) is 0 Å². The maximum Gasteiger partial charge on any atom is 0.220 e. The maximum absolute atomic E-state index is 11.7. The fourth-order valence-electron chi connectivity index (χ4n) is 2.31. The van der Waals surface area contributed by atoms with Crippen LogP contribution in [0.4, 0.5) is 0 Å². The first-order valence-electron chi connectivity index (χ1n) is 8.88. The highest BCUT2D eigenvalue weighted by Crippen LogP contribution is 2.05.